The number of hydrogen-bond donors (Lipinski definition) is 1. The Labute approximate surface area is 201 Å². The average Bonchev–Trinajstić information content (AvgIpc) is 2.92. The molecule has 11 heteroatoms. The molecule has 10 nitrogen and oxygen atoms in total. The predicted molar refractivity (Wildman–Crippen MR) is 128 cm³/mol. The minimum Gasteiger partial charge on any atom is -0.378 e. The summed E-state index contributed by atoms with van der Waals surface area (Å²) in [6.45, 7) is 2.45. The highest BCUT2D eigenvalue weighted by Gasteiger charge is 2.17. The molecule has 0 amide bonds. The summed E-state index contributed by atoms with van der Waals surface area (Å²) in [5, 5.41) is 19.6. The van der Waals surface area contributed by atoms with E-state index in [2.05, 4.69) is 40.7 Å². The van der Waals surface area contributed by atoms with E-state index in [1.807, 2.05) is 53.4 Å². The Bertz CT molecular complexity index is 1300. The molecule has 0 saturated carbocycles. The monoisotopic (exact) mass is 471 g/mol. The molecule has 0 radical (unpaired) electrons. The van der Waals surface area contributed by atoms with Crippen molar-refractivity contribution in [3.63, 3.8) is 0 Å². The third-order valence-electron chi connectivity index (χ3n) is 5.26. The average molecular weight is 472 g/mol. The van der Waals surface area contributed by atoms with Crippen molar-refractivity contribution in [2.45, 2.75) is 6.54 Å². The number of benzene rings is 1. The molecule has 3 aromatic heterocycles. The number of nitrogens with one attached hydrogen (secondary N) is 1. The fraction of sp³-hybridized carbons (Fsp3) is 0.208. The van der Waals surface area contributed by atoms with Crippen LogP contribution in [0.25, 0.3) is 11.3 Å². The van der Waals surface area contributed by atoms with Crippen LogP contribution in [0.4, 0.5) is 27.5 Å². The van der Waals surface area contributed by atoms with Crippen LogP contribution >= 0.6 is 0 Å². The second-order valence-corrected chi connectivity index (χ2v) is 7.69. The maximum absolute atomic E-state index is 14.1. The van der Waals surface area contributed by atoms with Crippen molar-refractivity contribution in [1.29, 1.82) is 0 Å². The van der Waals surface area contributed by atoms with E-state index in [0.717, 1.165) is 34.5 Å². The third-order valence-corrected chi connectivity index (χ3v) is 5.26. The lowest BCUT2D eigenvalue weighted by Crippen LogP contribution is -2.37. The lowest BCUT2D eigenvalue weighted by Gasteiger charge is -2.27. The van der Waals surface area contributed by atoms with E-state index in [1.165, 1.54) is 0 Å². The van der Waals surface area contributed by atoms with Gasteiger partial charge in [-0.25, -0.2) is 9.37 Å². The summed E-state index contributed by atoms with van der Waals surface area (Å²) in [5.41, 5.74) is 4.24. The number of pyridine rings is 1. The highest BCUT2D eigenvalue weighted by Crippen LogP contribution is 2.23. The van der Waals surface area contributed by atoms with E-state index >= 15 is 0 Å². The molecule has 176 valence electrons. The molecule has 0 spiro atoms. The number of aromatic nitrogens is 5. The molecule has 4 heterocycles. The number of azo groups is 1. The molecule has 0 atom stereocenters. The fourth-order valence-corrected chi connectivity index (χ4v) is 3.54. The molecule has 1 aromatic carbocycles. The van der Waals surface area contributed by atoms with E-state index in [-0.39, 0.29) is 18.3 Å². The Hall–Kier alpha value is -4.38. The van der Waals surface area contributed by atoms with Crippen molar-refractivity contribution in [1.82, 2.24) is 25.1 Å². The first-order valence-corrected chi connectivity index (χ1v) is 11.1. The van der Waals surface area contributed by atoms with E-state index in [1.54, 1.807) is 12.4 Å². The van der Waals surface area contributed by atoms with Crippen LogP contribution in [-0.2, 0) is 11.3 Å². The zero-order valence-electron chi connectivity index (χ0n) is 18.8. The Kier molecular flexibility index (Phi) is 6.85. The highest BCUT2D eigenvalue weighted by molar-refractivity contribution is 5.68. The van der Waals surface area contributed by atoms with Crippen LogP contribution in [0.3, 0.4) is 0 Å². The van der Waals surface area contributed by atoms with Gasteiger partial charge in [0.15, 0.2) is 11.6 Å². The van der Waals surface area contributed by atoms with Gasteiger partial charge in [-0.1, -0.05) is 12.1 Å². The molecule has 1 N–H and O–H groups in total. The first-order valence-electron chi connectivity index (χ1n) is 11.1. The molecule has 35 heavy (non-hydrogen) atoms. The van der Waals surface area contributed by atoms with E-state index in [9.17, 15) is 4.39 Å². The molecule has 1 aliphatic heterocycles. The molecule has 5 rings (SSSR count). The van der Waals surface area contributed by atoms with Crippen molar-refractivity contribution in [3.8, 4) is 11.3 Å². The molecule has 1 saturated heterocycles. The minimum atomic E-state index is -0.488. The zero-order chi connectivity index (χ0) is 23.9. The molecule has 0 bridgehead atoms. The van der Waals surface area contributed by atoms with Crippen LogP contribution in [-0.4, -0.2) is 51.5 Å². The lowest BCUT2D eigenvalue weighted by molar-refractivity contribution is 0.122. The Balaban J connectivity index is 1.20. The predicted octanol–water partition coefficient (Wildman–Crippen LogP) is 4.33. The van der Waals surface area contributed by atoms with Gasteiger partial charge in [-0.05, 0) is 36.4 Å². The summed E-state index contributed by atoms with van der Waals surface area (Å²) in [6, 6.07) is 15.4. The van der Waals surface area contributed by atoms with Crippen LogP contribution < -0.4 is 10.2 Å². The van der Waals surface area contributed by atoms with Crippen LogP contribution in [0, 0.1) is 5.82 Å². The normalized spacial score (nSPS) is 13.8. The largest absolute Gasteiger partial charge is 0.378 e. The van der Waals surface area contributed by atoms with Crippen molar-refractivity contribution >= 4 is 23.1 Å². The molecule has 4 aromatic rings. The van der Waals surface area contributed by atoms with Gasteiger partial charge in [0, 0.05) is 30.5 Å². The second-order valence-electron chi connectivity index (χ2n) is 7.69. The number of rotatable bonds is 7. The smallest absolute Gasteiger partial charge is 0.270 e. The first kappa shape index (κ1) is 22.4. The molecular weight excluding hydrogens is 449 g/mol. The Morgan fingerprint density at radius 1 is 1.00 bits per heavy atom. The number of nitrogens with zero attached hydrogens (tertiary/aromatic N) is 8. The van der Waals surface area contributed by atoms with Gasteiger partial charge in [0.2, 0.25) is 0 Å². The lowest BCUT2D eigenvalue weighted by atomic mass is 10.1. The maximum Gasteiger partial charge on any atom is 0.270 e. The van der Waals surface area contributed by atoms with Gasteiger partial charge in [-0.3, -0.25) is 4.98 Å². The van der Waals surface area contributed by atoms with E-state index in [4.69, 9.17) is 4.74 Å². The van der Waals surface area contributed by atoms with Crippen molar-refractivity contribution in [3.05, 3.63) is 78.6 Å². The van der Waals surface area contributed by atoms with E-state index in [0.29, 0.717) is 26.3 Å². The quantitative estimate of drug-likeness (QED) is 0.396. The second kappa shape index (κ2) is 10.7. The number of ether oxygens (including phenoxy) is 1. The van der Waals surface area contributed by atoms with Crippen molar-refractivity contribution < 1.29 is 9.13 Å². The van der Waals surface area contributed by atoms with Crippen molar-refractivity contribution in [2.75, 3.05) is 36.5 Å². The standard InChI is InChI=1S/C24H22FN9O/c25-21-16-27-24(31-23(21)34-9-11-35-12-10-34)33-29-15-19-6-7-20(14-26-19)30-18-4-1-3-17(13-18)22-5-2-8-28-32-22/h1-8,13-14,16,30H,9-12,15H2. The van der Waals surface area contributed by atoms with Gasteiger partial charge in [-0.15, -0.1) is 5.11 Å². The van der Waals surface area contributed by atoms with Gasteiger partial charge in [0.25, 0.3) is 5.95 Å². The van der Waals surface area contributed by atoms with Crippen LogP contribution in [0.2, 0.25) is 0 Å². The fourth-order valence-electron chi connectivity index (χ4n) is 3.54. The number of hydrogen-bond acceptors (Lipinski definition) is 10. The van der Waals surface area contributed by atoms with E-state index < -0.39 is 5.82 Å². The summed E-state index contributed by atoms with van der Waals surface area (Å²) in [7, 11) is 0. The first-order chi connectivity index (χ1) is 17.2. The minimum absolute atomic E-state index is 0.106. The molecule has 1 aliphatic rings. The molecule has 0 aliphatic carbocycles. The summed E-state index contributed by atoms with van der Waals surface area (Å²) in [4.78, 5) is 14.4. The topological polar surface area (TPSA) is 114 Å². The van der Waals surface area contributed by atoms with Gasteiger partial charge >= 0.3 is 0 Å². The SMILES string of the molecule is Fc1cnc(N=NCc2ccc(Nc3cccc(-c4cccnn4)c3)cn2)nc1N1CCOCC1. The Morgan fingerprint density at radius 3 is 2.71 bits per heavy atom. The van der Waals surface area contributed by atoms with Crippen LogP contribution in [0.1, 0.15) is 5.69 Å². The van der Waals surface area contributed by atoms with Crippen molar-refractivity contribution in [2.24, 2.45) is 10.2 Å². The summed E-state index contributed by atoms with van der Waals surface area (Å²) >= 11 is 0. The third kappa shape index (κ3) is 5.76. The Morgan fingerprint density at radius 2 is 1.91 bits per heavy atom. The molecular formula is C24H22FN9O. The summed E-state index contributed by atoms with van der Waals surface area (Å²) in [5.74, 6) is -0.166. The number of morpholine rings is 1. The summed E-state index contributed by atoms with van der Waals surface area (Å²) < 4.78 is 19.4. The number of halogens is 1. The zero-order valence-corrected chi connectivity index (χ0v) is 18.8. The summed E-state index contributed by atoms with van der Waals surface area (Å²) in [6.07, 6.45) is 4.49. The van der Waals surface area contributed by atoms with Gasteiger partial charge < -0.3 is 15.0 Å². The van der Waals surface area contributed by atoms with Gasteiger partial charge in [0.05, 0.1) is 42.7 Å². The van der Waals surface area contributed by atoms with Gasteiger partial charge in [-0.2, -0.15) is 20.3 Å². The van der Waals surface area contributed by atoms with Crippen LogP contribution in [0.5, 0.6) is 0 Å². The van der Waals surface area contributed by atoms with Gasteiger partial charge in [0.1, 0.15) is 6.54 Å². The molecule has 1 fully saturated rings. The van der Waals surface area contributed by atoms with Crippen LogP contribution in [0.15, 0.2) is 77.3 Å². The molecule has 0 unspecified atom stereocenters. The highest BCUT2D eigenvalue weighted by atomic mass is 19.1. The maximum atomic E-state index is 14.1. The number of anilines is 3.